The van der Waals surface area contributed by atoms with E-state index in [4.69, 9.17) is 11.6 Å². The minimum Gasteiger partial charge on any atom is -0.308 e. The minimum absolute atomic E-state index is 0.0967. The maximum Gasteiger partial charge on any atom is 0.268 e. The standard InChI is InChI=1S/C12H9ClN4OS/c1-17(7-5-14-15-6-7)12(18)10-4-8-9(19-10)2-3-11(13)16-8/h2-6H,1H3,(H,14,15). The summed E-state index contributed by atoms with van der Waals surface area (Å²) in [4.78, 5) is 18.7. The van der Waals surface area contributed by atoms with E-state index in [0.717, 1.165) is 10.2 Å². The second kappa shape index (κ2) is 4.64. The van der Waals surface area contributed by atoms with Gasteiger partial charge in [0.1, 0.15) is 5.15 Å². The number of pyridine rings is 1. The number of H-pyrrole nitrogens is 1. The van der Waals surface area contributed by atoms with Gasteiger partial charge in [0.15, 0.2) is 0 Å². The van der Waals surface area contributed by atoms with Crippen molar-refractivity contribution in [2.24, 2.45) is 0 Å². The van der Waals surface area contributed by atoms with E-state index >= 15 is 0 Å². The van der Waals surface area contributed by atoms with Gasteiger partial charge in [0.05, 0.1) is 27.0 Å². The van der Waals surface area contributed by atoms with Crippen LogP contribution in [0.15, 0.2) is 30.6 Å². The number of aromatic nitrogens is 3. The van der Waals surface area contributed by atoms with Crippen LogP contribution in [0.4, 0.5) is 5.69 Å². The Kier molecular flexibility index (Phi) is 2.96. The summed E-state index contributed by atoms with van der Waals surface area (Å²) >= 11 is 7.23. The molecule has 0 atom stereocenters. The van der Waals surface area contributed by atoms with Gasteiger partial charge in [-0.3, -0.25) is 9.89 Å². The third kappa shape index (κ3) is 2.20. The maximum atomic E-state index is 12.3. The highest BCUT2D eigenvalue weighted by Crippen LogP contribution is 2.27. The summed E-state index contributed by atoms with van der Waals surface area (Å²) in [6.07, 6.45) is 3.26. The molecule has 1 amide bonds. The van der Waals surface area contributed by atoms with E-state index in [1.54, 1.807) is 31.6 Å². The molecule has 3 heterocycles. The Balaban J connectivity index is 1.97. The predicted octanol–water partition coefficient (Wildman–Crippen LogP) is 2.95. The van der Waals surface area contributed by atoms with Crippen molar-refractivity contribution in [2.75, 3.05) is 11.9 Å². The summed E-state index contributed by atoms with van der Waals surface area (Å²) in [5, 5.41) is 6.93. The van der Waals surface area contributed by atoms with Crippen molar-refractivity contribution in [3.8, 4) is 0 Å². The number of carbonyl (C=O) groups excluding carboxylic acids is 1. The van der Waals surface area contributed by atoms with Crippen molar-refractivity contribution >= 4 is 44.7 Å². The van der Waals surface area contributed by atoms with Gasteiger partial charge in [0, 0.05) is 13.2 Å². The summed E-state index contributed by atoms with van der Waals surface area (Å²) in [7, 11) is 1.71. The Bertz CT molecular complexity index is 737. The molecule has 0 aliphatic rings. The molecule has 0 aliphatic heterocycles. The van der Waals surface area contributed by atoms with Crippen LogP contribution >= 0.6 is 22.9 Å². The first kappa shape index (κ1) is 12.1. The largest absolute Gasteiger partial charge is 0.308 e. The molecule has 0 spiro atoms. The van der Waals surface area contributed by atoms with Crippen LogP contribution < -0.4 is 4.90 Å². The fourth-order valence-electron chi connectivity index (χ4n) is 1.71. The van der Waals surface area contributed by atoms with Crippen LogP contribution in [0.1, 0.15) is 9.67 Å². The number of carbonyl (C=O) groups is 1. The summed E-state index contributed by atoms with van der Waals surface area (Å²) in [6, 6.07) is 5.34. The number of aromatic amines is 1. The number of fused-ring (bicyclic) bond motifs is 1. The molecule has 0 aliphatic carbocycles. The van der Waals surface area contributed by atoms with E-state index in [0.29, 0.717) is 15.7 Å². The lowest BCUT2D eigenvalue weighted by molar-refractivity contribution is 0.0997. The lowest BCUT2D eigenvalue weighted by atomic mass is 10.3. The first-order valence-electron chi connectivity index (χ1n) is 5.48. The van der Waals surface area contributed by atoms with Gasteiger partial charge in [0.25, 0.3) is 5.91 Å². The van der Waals surface area contributed by atoms with Crippen LogP contribution in [-0.4, -0.2) is 28.1 Å². The van der Waals surface area contributed by atoms with Crippen molar-refractivity contribution in [1.82, 2.24) is 15.2 Å². The Morgan fingerprint density at radius 3 is 3.05 bits per heavy atom. The molecule has 0 bridgehead atoms. The van der Waals surface area contributed by atoms with Crippen molar-refractivity contribution in [3.05, 3.63) is 40.6 Å². The number of hydrogen-bond acceptors (Lipinski definition) is 4. The predicted molar refractivity (Wildman–Crippen MR) is 76.0 cm³/mol. The Labute approximate surface area is 117 Å². The van der Waals surface area contributed by atoms with Crippen LogP contribution in [0.5, 0.6) is 0 Å². The van der Waals surface area contributed by atoms with Crippen LogP contribution in [-0.2, 0) is 0 Å². The zero-order chi connectivity index (χ0) is 13.4. The molecule has 0 fully saturated rings. The topological polar surface area (TPSA) is 61.9 Å². The smallest absolute Gasteiger partial charge is 0.268 e. The third-order valence-corrected chi connectivity index (χ3v) is 4.01. The molecule has 0 unspecified atom stereocenters. The molecule has 0 radical (unpaired) electrons. The lowest BCUT2D eigenvalue weighted by Crippen LogP contribution is -2.24. The number of anilines is 1. The number of thiophene rings is 1. The van der Waals surface area contributed by atoms with E-state index in [1.807, 2.05) is 6.07 Å². The maximum absolute atomic E-state index is 12.3. The molecule has 1 N–H and O–H groups in total. The van der Waals surface area contributed by atoms with Gasteiger partial charge in [-0.1, -0.05) is 11.6 Å². The number of amides is 1. The number of halogens is 1. The molecule has 5 nitrogen and oxygen atoms in total. The minimum atomic E-state index is -0.0967. The van der Waals surface area contributed by atoms with Gasteiger partial charge in [-0.15, -0.1) is 11.3 Å². The summed E-state index contributed by atoms with van der Waals surface area (Å²) in [5.41, 5.74) is 1.45. The SMILES string of the molecule is CN(C(=O)c1cc2nc(Cl)ccc2s1)c1cn[nH]c1. The van der Waals surface area contributed by atoms with Gasteiger partial charge in [-0.2, -0.15) is 5.10 Å². The molecule has 7 heteroatoms. The lowest BCUT2D eigenvalue weighted by Gasteiger charge is -2.12. The van der Waals surface area contributed by atoms with Crippen LogP contribution in [0.2, 0.25) is 5.15 Å². The van der Waals surface area contributed by atoms with Crippen LogP contribution in [0, 0.1) is 0 Å². The Morgan fingerprint density at radius 1 is 1.47 bits per heavy atom. The number of rotatable bonds is 2. The summed E-state index contributed by atoms with van der Waals surface area (Å²) < 4.78 is 0.938. The van der Waals surface area contributed by atoms with E-state index in [9.17, 15) is 4.79 Å². The Hall–Kier alpha value is -1.92. The Morgan fingerprint density at radius 2 is 2.32 bits per heavy atom. The van der Waals surface area contributed by atoms with Crippen LogP contribution in [0.25, 0.3) is 10.2 Å². The number of nitrogens with zero attached hydrogens (tertiary/aromatic N) is 3. The molecular formula is C12H9ClN4OS. The molecule has 3 aromatic heterocycles. The highest BCUT2D eigenvalue weighted by Gasteiger charge is 2.17. The molecule has 96 valence electrons. The monoisotopic (exact) mass is 292 g/mol. The summed E-state index contributed by atoms with van der Waals surface area (Å²) in [6.45, 7) is 0. The van der Waals surface area contributed by atoms with Gasteiger partial charge in [0.2, 0.25) is 0 Å². The fourth-order valence-corrected chi connectivity index (χ4v) is 2.85. The van der Waals surface area contributed by atoms with Crippen molar-refractivity contribution in [3.63, 3.8) is 0 Å². The normalized spacial score (nSPS) is 10.8. The zero-order valence-corrected chi connectivity index (χ0v) is 11.5. The zero-order valence-electron chi connectivity index (χ0n) is 9.92. The highest BCUT2D eigenvalue weighted by molar-refractivity contribution is 7.20. The number of hydrogen-bond donors (Lipinski definition) is 1. The first-order chi connectivity index (χ1) is 9.15. The second-order valence-corrected chi connectivity index (χ2v) is 5.42. The average Bonchev–Trinajstić information content (AvgIpc) is 3.05. The van der Waals surface area contributed by atoms with Gasteiger partial charge in [-0.05, 0) is 18.2 Å². The molecular weight excluding hydrogens is 284 g/mol. The van der Waals surface area contributed by atoms with Crippen molar-refractivity contribution in [2.45, 2.75) is 0 Å². The summed E-state index contributed by atoms with van der Waals surface area (Å²) in [5.74, 6) is -0.0967. The molecule has 3 rings (SSSR count). The molecule has 0 aromatic carbocycles. The molecule has 0 saturated carbocycles. The molecule has 0 saturated heterocycles. The third-order valence-electron chi connectivity index (χ3n) is 2.73. The quantitative estimate of drug-likeness (QED) is 0.739. The van der Waals surface area contributed by atoms with E-state index in [2.05, 4.69) is 15.2 Å². The van der Waals surface area contributed by atoms with Gasteiger partial charge < -0.3 is 4.90 Å². The molecule has 19 heavy (non-hydrogen) atoms. The highest BCUT2D eigenvalue weighted by atomic mass is 35.5. The number of nitrogens with one attached hydrogen (secondary N) is 1. The van der Waals surface area contributed by atoms with E-state index in [1.165, 1.54) is 16.2 Å². The van der Waals surface area contributed by atoms with Gasteiger partial charge in [-0.25, -0.2) is 4.98 Å². The van der Waals surface area contributed by atoms with E-state index in [-0.39, 0.29) is 5.91 Å². The van der Waals surface area contributed by atoms with Gasteiger partial charge >= 0.3 is 0 Å². The van der Waals surface area contributed by atoms with Crippen molar-refractivity contribution in [1.29, 1.82) is 0 Å². The fraction of sp³-hybridized carbons (Fsp3) is 0.0833. The van der Waals surface area contributed by atoms with E-state index < -0.39 is 0 Å². The first-order valence-corrected chi connectivity index (χ1v) is 6.67. The van der Waals surface area contributed by atoms with Crippen molar-refractivity contribution < 1.29 is 4.79 Å². The molecule has 3 aromatic rings. The second-order valence-electron chi connectivity index (χ2n) is 3.95. The average molecular weight is 293 g/mol. The van der Waals surface area contributed by atoms with Crippen LogP contribution in [0.3, 0.4) is 0 Å².